The van der Waals surface area contributed by atoms with E-state index in [0.717, 1.165) is 12.1 Å². The van der Waals surface area contributed by atoms with Crippen molar-refractivity contribution in [1.29, 1.82) is 0 Å². The number of halogens is 4. The van der Waals surface area contributed by atoms with Gasteiger partial charge in [-0.1, -0.05) is 17.7 Å². The Hall–Kier alpha value is -2.98. The highest BCUT2D eigenvalue weighted by Gasteiger charge is 2.33. The van der Waals surface area contributed by atoms with Gasteiger partial charge in [0.1, 0.15) is 5.75 Å². The highest BCUT2D eigenvalue weighted by atomic mass is 35.5. The summed E-state index contributed by atoms with van der Waals surface area (Å²) in [7, 11) is 0. The third-order valence-electron chi connectivity index (χ3n) is 3.25. The van der Waals surface area contributed by atoms with Crippen LogP contribution in [0.4, 0.5) is 24.5 Å². The molecule has 0 aliphatic heterocycles. The van der Waals surface area contributed by atoms with Crippen molar-refractivity contribution >= 4 is 35.2 Å². The molecule has 0 saturated heterocycles. The van der Waals surface area contributed by atoms with Crippen LogP contribution in [0.5, 0.6) is 5.75 Å². The lowest BCUT2D eigenvalue weighted by atomic mass is 10.2. The lowest BCUT2D eigenvalue weighted by Crippen LogP contribution is -2.29. The third-order valence-corrected chi connectivity index (χ3v) is 3.58. The summed E-state index contributed by atoms with van der Waals surface area (Å²) in [6, 6.07) is 9.52. The van der Waals surface area contributed by atoms with E-state index in [4.69, 9.17) is 28.0 Å². The first-order chi connectivity index (χ1) is 12.7. The van der Waals surface area contributed by atoms with E-state index in [-0.39, 0.29) is 5.75 Å². The van der Waals surface area contributed by atoms with Crippen LogP contribution < -0.4 is 27.2 Å². The van der Waals surface area contributed by atoms with Crippen LogP contribution in [-0.2, 0) is 11.0 Å². The molecule has 0 unspecified atom stereocenters. The molecule has 0 saturated carbocycles. The molecule has 0 aliphatic carbocycles. The molecule has 0 radical (unpaired) electrons. The Kier molecular flexibility index (Phi) is 6.48. The van der Waals surface area contributed by atoms with Crippen molar-refractivity contribution in [1.82, 2.24) is 5.43 Å². The molecule has 0 spiro atoms. The van der Waals surface area contributed by atoms with Crippen LogP contribution in [0.15, 0.2) is 42.5 Å². The minimum Gasteiger partial charge on any atom is -0.484 e. The van der Waals surface area contributed by atoms with Crippen LogP contribution in [0.1, 0.15) is 5.56 Å². The zero-order chi connectivity index (χ0) is 20.0. The number of alkyl halides is 3. The lowest BCUT2D eigenvalue weighted by Gasteiger charge is -2.12. The van der Waals surface area contributed by atoms with E-state index in [1.165, 1.54) is 17.1 Å². The zero-order valence-corrected chi connectivity index (χ0v) is 14.5. The number of hydrazine groups is 2. The monoisotopic (exact) mass is 402 g/mol. The standard InChI is InChI=1S/C16H15ClF3N5O2/c17-14-5-4-12(7-13(14)16(18,19)20)27-8-15(26)24-10-2-1-3-11(6-10)25(22)9-23-21/h1-7,9H,8,21-22H2,(H,24,26)/p+1. The number of hydrazone groups is 1. The topological polar surface area (TPSA) is 105 Å². The molecule has 0 fully saturated rings. The van der Waals surface area contributed by atoms with E-state index in [1.807, 2.05) is 0 Å². The summed E-state index contributed by atoms with van der Waals surface area (Å²) in [4.78, 5) is 12.0. The Balaban J connectivity index is 2.01. The van der Waals surface area contributed by atoms with Gasteiger partial charge < -0.3 is 10.1 Å². The van der Waals surface area contributed by atoms with Gasteiger partial charge in [-0.25, -0.2) is 5.43 Å². The molecule has 2 rings (SSSR count). The molecule has 0 aromatic heterocycles. The van der Waals surface area contributed by atoms with Gasteiger partial charge in [0, 0.05) is 11.8 Å². The molecule has 27 heavy (non-hydrogen) atoms. The minimum atomic E-state index is -4.62. The van der Waals surface area contributed by atoms with Crippen LogP contribution in [0.2, 0.25) is 5.02 Å². The number of carbonyl (C=O) groups is 1. The van der Waals surface area contributed by atoms with E-state index in [9.17, 15) is 18.0 Å². The smallest absolute Gasteiger partial charge is 0.417 e. The largest absolute Gasteiger partial charge is 0.484 e. The van der Waals surface area contributed by atoms with Crippen molar-refractivity contribution in [3.63, 3.8) is 0 Å². The van der Waals surface area contributed by atoms with Gasteiger partial charge in [0.2, 0.25) is 0 Å². The normalized spacial score (nSPS) is 11.8. The molecule has 2 aromatic rings. The summed E-state index contributed by atoms with van der Waals surface area (Å²) < 4.78 is 44.8. The molecule has 2 aromatic carbocycles. The molecule has 0 bridgehead atoms. The van der Waals surface area contributed by atoms with E-state index in [1.54, 1.807) is 24.3 Å². The van der Waals surface area contributed by atoms with Crippen LogP contribution in [0.3, 0.4) is 0 Å². The first-order valence-corrected chi connectivity index (χ1v) is 7.81. The molecule has 0 aliphatic rings. The predicted molar refractivity (Wildman–Crippen MR) is 94.5 cm³/mol. The number of nitrogens with one attached hydrogen (secondary N) is 2. The van der Waals surface area contributed by atoms with E-state index in [2.05, 4.69) is 10.7 Å². The number of rotatable bonds is 6. The summed E-state index contributed by atoms with van der Waals surface area (Å²) in [6.45, 7) is -0.494. The van der Waals surface area contributed by atoms with Crippen LogP contribution in [-0.4, -0.2) is 23.5 Å². The Bertz CT molecular complexity index is 858. The molecule has 144 valence electrons. The fourth-order valence-corrected chi connectivity index (χ4v) is 2.28. The minimum absolute atomic E-state index is 0.132. The van der Waals surface area contributed by atoms with Gasteiger partial charge in [-0.3, -0.25) is 10.6 Å². The summed E-state index contributed by atoms with van der Waals surface area (Å²) in [6.07, 6.45) is -3.33. The Morgan fingerprint density at radius 1 is 1.26 bits per heavy atom. The van der Waals surface area contributed by atoms with Crippen molar-refractivity contribution in [3.8, 4) is 5.75 Å². The molecular formula is C16H16ClF3N5O2+. The number of ether oxygens (including phenoxy) is 1. The molecule has 11 heteroatoms. The number of anilines is 1. The fraction of sp³-hybridized carbons (Fsp3) is 0.125. The number of amides is 1. The number of nitrogens with zero attached hydrogens (tertiary/aromatic N) is 1. The SMILES string of the molecule is NNC=[N+](N)c1cccc(NC(=O)COc2ccc(Cl)c(C(F)(F)F)c2)c1. The fourth-order valence-electron chi connectivity index (χ4n) is 2.06. The van der Waals surface area contributed by atoms with Crippen LogP contribution in [0, 0.1) is 0 Å². The maximum atomic E-state index is 12.8. The van der Waals surface area contributed by atoms with Gasteiger partial charge in [-0.2, -0.15) is 19.0 Å². The maximum absolute atomic E-state index is 12.8. The second-order valence-electron chi connectivity index (χ2n) is 5.23. The molecular weight excluding hydrogens is 387 g/mol. The van der Waals surface area contributed by atoms with E-state index < -0.39 is 29.3 Å². The second kappa shape index (κ2) is 8.60. The average molecular weight is 403 g/mol. The Morgan fingerprint density at radius 2 is 2.00 bits per heavy atom. The molecule has 6 N–H and O–H groups in total. The van der Waals surface area contributed by atoms with Crippen LogP contribution >= 0.6 is 11.6 Å². The zero-order valence-electron chi connectivity index (χ0n) is 13.8. The van der Waals surface area contributed by atoms with Gasteiger partial charge in [0.25, 0.3) is 12.2 Å². The first kappa shape index (κ1) is 20.3. The van der Waals surface area contributed by atoms with Crippen molar-refractivity contribution < 1.29 is 27.4 Å². The summed E-state index contributed by atoms with van der Waals surface area (Å²) in [5, 5.41) is 2.09. The maximum Gasteiger partial charge on any atom is 0.417 e. The van der Waals surface area contributed by atoms with Gasteiger partial charge >= 0.3 is 6.18 Å². The lowest BCUT2D eigenvalue weighted by molar-refractivity contribution is -0.449. The second-order valence-corrected chi connectivity index (χ2v) is 5.64. The van der Waals surface area contributed by atoms with Crippen molar-refractivity contribution in [2.45, 2.75) is 6.18 Å². The average Bonchev–Trinajstić information content (AvgIpc) is 2.60. The number of hydrogen-bond donors (Lipinski definition) is 4. The molecule has 7 nitrogen and oxygen atoms in total. The highest BCUT2D eigenvalue weighted by Crippen LogP contribution is 2.36. The summed E-state index contributed by atoms with van der Waals surface area (Å²) >= 11 is 5.53. The number of hydrogen-bond acceptors (Lipinski definition) is 4. The Morgan fingerprint density at radius 3 is 2.67 bits per heavy atom. The predicted octanol–water partition coefficient (Wildman–Crippen LogP) is 2.39. The molecule has 1 amide bonds. The quantitative estimate of drug-likeness (QED) is 0.195. The van der Waals surface area contributed by atoms with Crippen molar-refractivity contribution in [3.05, 3.63) is 53.1 Å². The van der Waals surface area contributed by atoms with Gasteiger partial charge in [0.05, 0.1) is 10.6 Å². The van der Waals surface area contributed by atoms with E-state index >= 15 is 0 Å². The van der Waals surface area contributed by atoms with Crippen molar-refractivity contribution in [2.24, 2.45) is 11.7 Å². The van der Waals surface area contributed by atoms with Gasteiger partial charge in [-0.05, 0) is 30.3 Å². The van der Waals surface area contributed by atoms with Gasteiger partial charge in [0.15, 0.2) is 12.3 Å². The highest BCUT2D eigenvalue weighted by molar-refractivity contribution is 6.31. The summed E-state index contributed by atoms with van der Waals surface area (Å²) in [5.74, 6) is 10.1. The first-order valence-electron chi connectivity index (χ1n) is 7.43. The number of carbonyl (C=O) groups excluding carboxylic acids is 1. The third kappa shape index (κ3) is 5.76. The van der Waals surface area contributed by atoms with E-state index in [0.29, 0.717) is 11.4 Å². The van der Waals surface area contributed by atoms with Gasteiger partial charge in [-0.15, -0.1) is 4.68 Å². The van der Waals surface area contributed by atoms with Crippen LogP contribution in [0.25, 0.3) is 0 Å². The summed E-state index contributed by atoms with van der Waals surface area (Å²) in [5.41, 5.74) is 2.16. The number of benzene rings is 2. The number of nitrogens with two attached hydrogens (primary N) is 2. The van der Waals surface area contributed by atoms with Crippen molar-refractivity contribution in [2.75, 3.05) is 11.9 Å². The molecule has 0 heterocycles. The Labute approximate surface area is 157 Å². The molecule has 0 atom stereocenters.